The smallest absolute Gasteiger partial charge is 0.0685 e. The molecule has 2 rings (SSSR count). The van der Waals surface area contributed by atoms with Crippen molar-refractivity contribution in [2.75, 3.05) is 13.7 Å². The van der Waals surface area contributed by atoms with Crippen LogP contribution in [0.25, 0.3) is 0 Å². The van der Waals surface area contributed by atoms with Gasteiger partial charge in [-0.05, 0) is 57.4 Å². The molecule has 3 unspecified atom stereocenters. The highest BCUT2D eigenvalue weighted by molar-refractivity contribution is 4.97. The number of ether oxygens (including phenoxy) is 1. The third kappa shape index (κ3) is 2.85. The van der Waals surface area contributed by atoms with Crippen molar-refractivity contribution in [3.63, 3.8) is 0 Å². The van der Waals surface area contributed by atoms with Gasteiger partial charge in [0.05, 0.1) is 5.60 Å². The van der Waals surface area contributed by atoms with Crippen LogP contribution in [0.3, 0.4) is 0 Å². The lowest BCUT2D eigenvalue weighted by atomic mass is 9.69. The molecule has 0 radical (unpaired) electrons. The Balaban J connectivity index is 1.94. The minimum Gasteiger partial charge on any atom is -0.375 e. The van der Waals surface area contributed by atoms with E-state index < -0.39 is 0 Å². The van der Waals surface area contributed by atoms with E-state index in [1.54, 1.807) is 0 Å². The summed E-state index contributed by atoms with van der Waals surface area (Å²) >= 11 is 0. The summed E-state index contributed by atoms with van der Waals surface area (Å²) in [6, 6.07) is 0.691. The van der Waals surface area contributed by atoms with E-state index in [0.717, 1.165) is 18.4 Å². The highest BCUT2D eigenvalue weighted by Crippen LogP contribution is 2.45. The molecule has 1 aliphatic carbocycles. The molecule has 0 bridgehead atoms. The Hall–Kier alpha value is -0.0800. The van der Waals surface area contributed by atoms with Crippen LogP contribution in [0.5, 0.6) is 0 Å². The summed E-state index contributed by atoms with van der Waals surface area (Å²) in [5.74, 6) is 1.63. The molecule has 2 nitrogen and oxygen atoms in total. The van der Waals surface area contributed by atoms with Crippen LogP contribution in [0.2, 0.25) is 0 Å². The second-order valence-electron chi connectivity index (χ2n) is 6.22. The van der Waals surface area contributed by atoms with Crippen LogP contribution in [0, 0.1) is 11.8 Å². The first kappa shape index (κ1) is 13.4. The molecule has 2 fully saturated rings. The number of hydrogen-bond donors (Lipinski definition) is 1. The predicted octanol–water partition coefficient (Wildman–Crippen LogP) is 3.36. The molecule has 0 aromatic heterocycles. The minimum absolute atomic E-state index is 0.296. The van der Waals surface area contributed by atoms with Crippen LogP contribution < -0.4 is 5.32 Å². The zero-order chi connectivity index (χ0) is 12.3. The Kier molecular flexibility index (Phi) is 4.48. The Bertz CT molecular complexity index is 237. The van der Waals surface area contributed by atoms with Gasteiger partial charge in [0.25, 0.3) is 0 Å². The van der Waals surface area contributed by atoms with Gasteiger partial charge >= 0.3 is 0 Å². The molecule has 1 heterocycles. The third-order valence-corrected chi connectivity index (χ3v) is 4.99. The molecule has 2 heteroatoms. The predicted molar refractivity (Wildman–Crippen MR) is 72.2 cm³/mol. The van der Waals surface area contributed by atoms with Crippen LogP contribution in [-0.4, -0.2) is 25.3 Å². The van der Waals surface area contributed by atoms with Gasteiger partial charge in [0.2, 0.25) is 0 Å². The van der Waals surface area contributed by atoms with E-state index in [1.807, 2.05) is 0 Å². The van der Waals surface area contributed by atoms with Crippen molar-refractivity contribution >= 4 is 0 Å². The van der Waals surface area contributed by atoms with Crippen molar-refractivity contribution in [3.8, 4) is 0 Å². The zero-order valence-corrected chi connectivity index (χ0v) is 11.8. The molecular weight excluding hydrogens is 210 g/mol. The Morgan fingerprint density at radius 1 is 1.41 bits per heavy atom. The first-order valence-corrected chi connectivity index (χ1v) is 7.52. The molecule has 3 atom stereocenters. The van der Waals surface area contributed by atoms with Gasteiger partial charge in [-0.25, -0.2) is 0 Å². The second-order valence-corrected chi connectivity index (χ2v) is 6.22. The van der Waals surface area contributed by atoms with E-state index in [1.165, 1.54) is 44.9 Å². The first-order chi connectivity index (χ1) is 8.21. The molecule has 1 aliphatic heterocycles. The lowest BCUT2D eigenvalue weighted by molar-refractivity contribution is -0.148. The third-order valence-electron chi connectivity index (χ3n) is 4.99. The fourth-order valence-corrected chi connectivity index (χ4v) is 3.91. The van der Waals surface area contributed by atoms with Crippen molar-refractivity contribution in [1.82, 2.24) is 5.32 Å². The van der Waals surface area contributed by atoms with Gasteiger partial charge in [-0.15, -0.1) is 0 Å². The van der Waals surface area contributed by atoms with Crippen LogP contribution in [0.15, 0.2) is 0 Å². The molecule has 2 aliphatic rings. The largest absolute Gasteiger partial charge is 0.375 e. The fraction of sp³-hybridized carbons (Fsp3) is 1.00. The van der Waals surface area contributed by atoms with Crippen molar-refractivity contribution in [2.45, 2.75) is 70.4 Å². The maximum atomic E-state index is 6.04. The quantitative estimate of drug-likeness (QED) is 0.794. The van der Waals surface area contributed by atoms with Gasteiger partial charge in [-0.3, -0.25) is 0 Å². The molecule has 0 aromatic carbocycles. The molecule has 100 valence electrons. The van der Waals surface area contributed by atoms with Crippen molar-refractivity contribution in [1.29, 1.82) is 0 Å². The first-order valence-electron chi connectivity index (χ1n) is 7.52. The number of nitrogens with one attached hydrogen (secondary N) is 1. The molecule has 1 spiro atoms. The summed E-state index contributed by atoms with van der Waals surface area (Å²) in [5, 5.41) is 3.59. The van der Waals surface area contributed by atoms with Crippen LogP contribution in [-0.2, 0) is 4.74 Å². The van der Waals surface area contributed by atoms with Crippen LogP contribution in [0.4, 0.5) is 0 Å². The van der Waals surface area contributed by atoms with Gasteiger partial charge in [-0.2, -0.15) is 0 Å². The molecule has 0 amide bonds. The van der Waals surface area contributed by atoms with E-state index in [-0.39, 0.29) is 0 Å². The van der Waals surface area contributed by atoms with E-state index in [9.17, 15) is 0 Å². The lowest BCUT2D eigenvalue weighted by Gasteiger charge is -2.49. The summed E-state index contributed by atoms with van der Waals surface area (Å²) in [7, 11) is 2.14. The maximum absolute atomic E-state index is 6.04. The summed E-state index contributed by atoms with van der Waals surface area (Å²) in [6.45, 7) is 5.69. The molecule has 17 heavy (non-hydrogen) atoms. The minimum atomic E-state index is 0.296. The van der Waals surface area contributed by atoms with Crippen LogP contribution >= 0.6 is 0 Å². The summed E-state index contributed by atoms with van der Waals surface area (Å²) in [4.78, 5) is 0. The zero-order valence-electron chi connectivity index (χ0n) is 11.8. The maximum Gasteiger partial charge on any atom is 0.0685 e. The van der Waals surface area contributed by atoms with Gasteiger partial charge in [0.1, 0.15) is 0 Å². The van der Waals surface area contributed by atoms with Gasteiger partial charge in [-0.1, -0.05) is 20.3 Å². The molecular formula is C15H29NO. The molecule has 0 aromatic rings. The summed E-state index contributed by atoms with van der Waals surface area (Å²) in [5.41, 5.74) is 0.296. The number of rotatable bonds is 5. The molecule has 1 saturated carbocycles. The topological polar surface area (TPSA) is 21.3 Å². The molecule has 1 saturated heterocycles. The SMILES string of the molecule is CCCC(C)C(NC)C1CCOC2(CCC2)C1. The van der Waals surface area contributed by atoms with Crippen LogP contribution in [0.1, 0.15) is 58.8 Å². The molecule has 1 N–H and O–H groups in total. The van der Waals surface area contributed by atoms with Crippen molar-refractivity contribution in [3.05, 3.63) is 0 Å². The Morgan fingerprint density at radius 3 is 2.71 bits per heavy atom. The summed E-state index contributed by atoms with van der Waals surface area (Å²) < 4.78 is 6.04. The Morgan fingerprint density at radius 2 is 2.18 bits per heavy atom. The normalized spacial score (nSPS) is 30.9. The van der Waals surface area contributed by atoms with E-state index in [2.05, 4.69) is 26.2 Å². The highest BCUT2D eigenvalue weighted by atomic mass is 16.5. The van der Waals surface area contributed by atoms with Crippen molar-refractivity contribution in [2.24, 2.45) is 11.8 Å². The number of hydrogen-bond acceptors (Lipinski definition) is 2. The van der Waals surface area contributed by atoms with Gasteiger partial charge in [0, 0.05) is 12.6 Å². The lowest BCUT2D eigenvalue weighted by Crippen LogP contribution is -2.51. The average molecular weight is 239 g/mol. The highest BCUT2D eigenvalue weighted by Gasteiger charge is 2.44. The standard InChI is InChI=1S/C15H29NO/c1-4-6-12(2)14(16-3)13-7-10-17-15(11-13)8-5-9-15/h12-14,16H,4-11H2,1-3H3. The van der Waals surface area contributed by atoms with E-state index >= 15 is 0 Å². The fourth-order valence-electron chi connectivity index (χ4n) is 3.91. The monoisotopic (exact) mass is 239 g/mol. The second kappa shape index (κ2) is 5.71. The average Bonchev–Trinajstić information content (AvgIpc) is 2.29. The van der Waals surface area contributed by atoms with Gasteiger partial charge in [0.15, 0.2) is 0 Å². The Labute approximate surface area is 107 Å². The van der Waals surface area contributed by atoms with E-state index in [4.69, 9.17) is 4.74 Å². The van der Waals surface area contributed by atoms with E-state index in [0.29, 0.717) is 11.6 Å². The summed E-state index contributed by atoms with van der Waals surface area (Å²) in [6.07, 6.45) is 9.18. The van der Waals surface area contributed by atoms with Crippen molar-refractivity contribution < 1.29 is 4.74 Å². The van der Waals surface area contributed by atoms with Gasteiger partial charge < -0.3 is 10.1 Å².